The van der Waals surface area contributed by atoms with Crippen LogP contribution in [0.15, 0.2) is 24.8 Å². The smallest absolute Gasteiger partial charge is 0.229 e. The van der Waals surface area contributed by atoms with E-state index >= 15 is 0 Å². The summed E-state index contributed by atoms with van der Waals surface area (Å²) < 4.78 is 21.4. The molecule has 1 aromatic rings. The highest BCUT2D eigenvalue weighted by atomic mass is 16.7. The second-order valence-electron chi connectivity index (χ2n) is 5.75. The van der Waals surface area contributed by atoms with Crippen molar-refractivity contribution in [2.75, 3.05) is 20.8 Å². The first-order valence-electron chi connectivity index (χ1n) is 7.91. The monoisotopic (exact) mass is 372 g/mol. The molecule has 1 fully saturated rings. The van der Waals surface area contributed by atoms with Gasteiger partial charge in [-0.05, 0) is 17.7 Å². The molecule has 0 spiro atoms. The zero-order valence-corrected chi connectivity index (χ0v) is 14.5. The summed E-state index contributed by atoms with van der Waals surface area (Å²) in [6.07, 6.45) is -6.80. The Kier molecular flexibility index (Phi) is 6.81. The molecule has 1 aliphatic rings. The van der Waals surface area contributed by atoms with Crippen molar-refractivity contribution in [1.82, 2.24) is 0 Å². The third-order valence-electron chi connectivity index (χ3n) is 4.13. The van der Waals surface area contributed by atoms with Gasteiger partial charge in [-0.3, -0.25) is 0 Å². The van der Waals surface area contributed by atoms with Crippen LogP contribution in [0.1, 0.15) is 11.7 Å². The molecule has 9 heteroatoms. The first-order valence-corrected chi connectivity index (χ1v) is 7.91. The van der Waals surface area contributed by atoms with Gasteiger partial charge in [-0.1, -0.05) is 6.08 Å². The lowest BCUT2D eigenvalue weighted by molar-refractivity contribution is -0.277. The quantitative estimate of drug-likeness (QED) is 0.386. The van der Waals surface area contributed by atoms with Crippen molar-refractivity contribution in [3.05, 3.63) is 30.4 Å². The number of ether oxygens (including phenoxy) is 4. The van der Waals surface area contributed by atoms with Crippen LogP contribution in [0.2, 0.25) is 0 Å². The fraction of sp³-hybridized carbons (Fsp3) is 0.529. The minimum Gasteiger partial charge on any atom is -0.493 e. The van der Waals surface area contributed by atoms with Gasteiger partial charge in [0.05, 0.1) is 26.9 Å². The van der Waals surface area contributed by atoms with E-state index < -0.39 is 43.4 Å². The van der Waals surface area contributed by atoms with Crippen LogP contribution in [0, 0.1) is 0 Å². The van der Waals surface area contributed by atoms with Crippen molar-refractivity contribution < 1.29 is 44.5 Å². The molecule has 0 aromatic heterocycles. The summed E-state index contributed by atoms with van der Waals surface area (Å²) in [5.41, 5.74) is 0.440. The maximum Gasteiger partial charge on any atom is 0.229 e. The van der Waals surface area contributed by atoms with Crippen molar-refractivity contribution in [2.24, 2.45) is 0 Å². The number of hydrogen-bond donors (Lipinski definition) is 5. The third-order valence-corrected chi connectivity index (χ3v) is 4.13. The number of hydrogen-bond acceptors (Lipinski definition) is 9. The molecule has 0 bridgehead atoms. The molecule has 1 heterocycles. The molecule has 0 radical (unpaired) electrons. The molecule has 146 valence electrons. The first-order chi connectivity index (χ1) is 12.4. The molecule has 0 amide bonds. The predicted molar refractivity (Wildman–Crippen MR) is 89.1 cm³/mol. The van der Waals surface area contributed by atoms with E-state index in [9.17, 15) is 25.5 Å². The van der Waals surface area contributed by atoms with Crippen LogP contribution in [0.3, 0.4) is 0 Å². The van der Waals surface area contributed by atoms with Gasteiger partial charge in [0.1, 0.15) is 24.4 Å². The Bertz CT molecular complexity index is 593. The van der Waals surface area contributed by atoms with E-state index in [0.29, 0.717) is 5.56 Å². The van der Waals surface area contributed by atoms with Crippen LogP contribution in [0.25, 0.3) is 0 Å². The van der Waals surface area contributed by atoms with E-state index in [1.165, 1.54) is 32.4 Å². The normalized spacial score (nSPS) is 29.7. The molecule has 5 N–H and O–H groups in total. The molecule has 0 saturated carbocycles. The van der Waals surface area contributed by atoms with Gasteiger partial charge >= 0.3 is 0 Å². The molecule has 26 heavy (non-hydrogen) atoms. The molecule has 2 rings (SSSR count). The number of methoxy groups -OCH3 is 2. The van der Waals surface area contributed by atoms with Gasteiger partial charge in [-0.15, -0.1) is 6.58 Å². The van der Waals surface area contributed by atoms with E-state index in [1.807, 2.05) is 0 Å². The van der Waals surface area contributed by atoms with Crippen LogP contribution in [-0.4, -0.2) is 77.1 Å². The summed E-state index contributed by atoms with van der Waals surface area (Å²) in [6.45, 7) is 2.94. The lowest BCUT2D eigenvalue weighted by atomic mass is 9.99. The maximum absolute atomic E-state index is 10.1. The second kappa shape index (κ2) is 8.67. The van der Waals surface area contributed by atoms with Gasteiger partial charge in [0.25, 0.3) is 0 Å². The standard InChI is InChI=1S/C17H24O9/c1-4-9(19)8-5-10(23-2)16(11(6-8)24-3)26-17-15(22)14(21)13(20)12(7-18)25-17/h4-6,9,12-15,17-22H,1,7H2,2-3H3/t9-,12+,13+,14-,15+,17+/m0/s1. The van der Waals surface area contributed by atoms with Crippen LogP contribution >= 0.6 is 0 Å². The number of benzene rings is 1. The van der Waals surface area contributed by atoms with E-state index in [1.54, 1.807) is 0 Å². The summed E-state index contributed by atoms with van der Waals surface area (Å²) in [5, 5.41) is 49.0. The fourth-order valence-corrected chi connectivity index (χ4v) is 2.60. The SMILES string of the molecule is C=C[C@H](O)c1cc(OC)c(O[C@H]2O[C@H](CO)[C@@H](O)[C@H](O)[C@H]2O)c(OC)c1. The zero-order valence-electron chi connectivity index (χ0n) is 14.5. The highest BCUT2D eigenvalue weighted by molar-refractivity contribution is 5.54. The van der Waals surface area contributed by atoms with Gasteiger partial charge in [-0.2, -0.15) is 0 Å². The summed E-state index contributed by atoms with van der Waals surface area (Å²) in [7, 11) is 2.75. The Hall–Kier alpha value is -1.88. The van der Waals surface area contributed by atoms with Gasteiger partial charge in [-0.25, -0.2) is 0 Å². The van der Waals surface area contributed by atoms with E-state index in [2.05, 4.69) is 6.58 Å². The largest absolute Gasteiger partial charge is 0.493 e. The summed E-state index contributed by atoms with van der Waals surface area (Å²) in [5.74, 6) is 0.411. The lowest BCUT2D eigenvalue weighted by Gasteiger charge is -2.39. The zero-order chi connectivity index (χ0) is 19.4. The predicted octanol–water partition coefficient (Wildman–Crippen LogP) is -0.898. The Morgan fingerprint density at radius 1 is 1.12 bits per heavy atom. The molecule has 6 atom stereocenters. The van der Waals surface area contributed by atoms with Crippen LogP contribution in [0.4, 0.5) is 0 Å². The lowest BCUT2D eigenvalue weighted by Crippen LogP contribution is -2.60. The summed E-state index contributed by atoms with van der Waals surface area (Å²) >= 11 is 0. The average molecular weight is 372 g/mol. The van der Waals surface area contributed by atoms with Gasteiger partial charge < -0.3 is 44.5 Å². The Labute approximate surface area is 150 Å². The molecule has 9 nitrogen and oxygen atoms in total. The molecule has 1 saturated heterocycles. The highest BCUT2D eigenvalue weighted by Crippen LogP contribution is 2.41. The van der Waals surface area contributed by atoms with Crippen molar-refractivity contribution in [2.45, 2.75) is 36.8 Å². The molecular weight excluding hydrogens is 348 g/mol. The molecule has 0 aliphatic carbocycles. The van der Waals surface area contributed by atoms with Crippen LogP contribution in [0.5, 0.6) is 17.2 Å². The number of rotatable bonds is 7. The van der Waals surface area contributed by atoms with Crippen molar-refractivity contribution >= 4 is 0 Å². The van der Waals surface area contributed by atoms with Crippen molar-refractivity contribution in [1.29, 1.82) is 0 Å². The second-order valence-corrected chi connectivity index (χ2v) is 5.75. The third kappa shape index (κ3) is 3.93. The Morgan fingerprint density at radius 2 is 1.69 bits per heavy atom. The maximum atomic E-state index is 10.1. The summed E-state index contributed by atoms with van der Waals surface area (Å²) in [4.78, 5) is 0. The Balaban J connectivity index is 2.37. The minimum absolute atomic E-state index is 0.0549. The van der Waals surface area contributed by atoms with Crippen LogP contribution < -0.4 is 14.2 Å². The molecule has 1 aromatic carbocycles. The fourth-order valence-electron chi connectivity index (χ4n) is 2.60. The topological polar surface area (TPSA) is 138 Å². The van der Waals surface area contributed by atoms with E-state index in [4.69, 9.17) is 18.9 Å². The minimum atomic E-state index is -1.58. The molecular formula is C17H24O9. The van der Waals surface area contributed by atoms with E-state index in [-0.39, 0.29) is 17.2 Å². The number of aliphatic hydroxyl groups is 5. The van der Waals surface area contributed by atoms with Crippen LogP contribution in [-0.2, 0) is 4.74 Å². The number of aliphatic hydroxyl groups excluding tert-OH is 5. The van der Waals surface area contributed by atoms with Crippen molar-refractivity contribution in [3.63, 3.8) is 0 Å². The van der Waals surface area contributed by atoms with E-state index in [0.717, 1.165) is 0 Å². The first kappa shape index (κ1) is 20.4. The van der Waals surface area contributed by atoms with Gasteiger partial charge in [0, 0.05) is 0 Å². The molecule has 1 aliphatic heterocycles. The average Bonchev–Trinajstić information content (AvgIpc) is 2.67. The van der Waals surface area contributed by atoms with Gasteiger partial charge in [0.15, 0.2) is 11.5 Å². The highest BCUT2D eigenvalue weighted by Gasteiger charge is 2.45. The van der Waals surface area contributed by atoms with Crippen molar-refractivity contribution in [3.8, 4) is 17.2 Å². The summed E-state index contributed by atoms with van der Waals surface area (Å²) in [6, 6.07) is 2.99. The Morgan fingerprint density at radius 3 is 2.15 bits per heavy atom. The molecule has 0 unspecified atom stereocenters. The van der Waals surface area contributed by atoms with Gasteiger partial charge in [0.2, 0.25) is 12.0 Å².